The monoisotopic (exact) mass is 364 g/mol. The maximum Gasteiger partial charge on any atom is 0.323 e. The molecule has 0 radical (unpaired) electrons. The van der Waals surface area contributed by atoms with Crippen molar-refractivity contribution in [2.75, 3.05) is 25.5 Å². The highest BCUT2D eigenvalue weighted by Gasteiger charge is 2.50. The molecule has 1 aliphatic heterocycles. The van der Waals surface area contributed by atoms with Crippen molar-refractivity contribution in [2.24, 2.45) is 0 Å². The summed E-state index contributed by atoms with van der Waals surface area (Å²) >= 11 is 0. The van der Waals surface area contributed by atoms with Gasteiger partial charge in [0, 0.05) is 11.7 Å². The summed E-state index contributed by atoms with van der Waals surface area (Å²) < 4.78 is 0. The van der Waals surface area contributed by atoms with E-state index >= 15 is 0 Å². The second-order valence-electron chi connectivity index (χ2n) is 8.23. The maximum absolute atomic E-state index is 12.7. The van der Waals surface area contributed by atoms with E-state index in [1.807, 2.05) is 24.0 Å². The molecule has 2 amide bonds. The Morgan fingerprint density at radius 2 is 1.74 bits per heavy atom. The Balaban J connectivity index is 1.57. The average Bonchev–Trinajstić information content (AvgIpc) is 2.99. The van der Waals surface area contributed by atoms with Crippen molar-refractivity contribution in [3.8, 4) is 0 Å². The number of rotatable bonds is 3. The molecule has 0 unspecified atom stereocenters. The first-order valence-corrected chi connectivity index (χ1v) is 9.70. The smallest absolute Gasteiger partial charge is 0.323 e. The van der Waals surface area contributed by atoms with Crippen LogP contribution >= 0.6 is 0 Å². The van der Waals surface area contributed by atoms with Crippen LogP contribution in [0.15, 0.2) is 48.7 Å². The van der Waals surface area contributed by atoms with E-state index < -0.39 is 0 Å². The number of nitrogens with one attached hydrogen (secondary N) is 1. The SMILES string of the molecule is Cc1cccnc1N1CC2(CCC(c3ccccc3)(N(C)C)CC2)NC1=O. The van der Waals surface area contributed by atoms with E-state index in [2.05, 4.69) is 59.6 Å². The molecule has 2 fully saturated rings. The fourth-order valence-electron chi connectivity index (χ4n) is 4.81. The fraction of sp³-hybridized carbons (Fsp3) is 0.455. The molecule has 5 heteroatoms. The van der Waals surface area contributed by atoms with E-state index in [1.54, 1.807) is 6.20 Å². The first-order valence-electron chi connectivity index (χ1n) is 9.70. The van der Waals surface area contributed by atoms with Gasteiger partial charge in [-0.15, -0.1) is 0 Å². The third-order valence-electron chi connectivity index (χ3n) is 6.52. The zero-order valence-corrected chi connectivity index (χ0v) is 16.4. The van der Waals surface area contributed by atoms with Crippen LogP contribution < -0.4 is 10.2 Å². The lowest BCUT2D eigenvalue weighted by atomic mass is 9.69. The number of carbonyl (C=O) groups excluding carboxylic acids is 1. The highest BCUT2D eigenvalue weighted by atomic mass is 16.2. The largest absolute Gasteiger partial charge is 0.330 e. The lowest BCUT2D eigenvalue weighted by Gasteiger charge is -2.48. The number of anilines is 1. The molecular formula is C22H28N4O. The highest BCUT2D eigenvalue weighted by Crippen LogP contribution is 2.46. The highest BCUT2D eigenvalue weighted by molar-refractivity contribution is 5.95. The van der Waals surface area contributed by atoms with E-state index in [0.717, 1.165) is 37.1 Å². The van der Waals surface area contributed by atoms with E-state index in [4.69, 9.17) is 0 Å². The number of urea groups is 1. The molecule has 2 heterocycles. The van der Waals surface area contributed by atoms with Gasteiger partial charge in [-0.2, -0.15) is 0 Å². The average molecular weight is 364 g/mol. The van der Waals surface area contributed by atoms with Crippen LogP contribution in [0.2, 0.25) is 0 Å². The Morgan fingerprint density at radius 1 is 1.04 bits per heavy atom. The maximum atomic E-state index is 12.7. The van der Waals surface area contributed by atoms with E-state index in [-0.39, 0.29) is 17.1 Å². The molecule has 1 saturated carbocycles. The third kappa shape index (κ3) is 3.00. The van der Waals surface area contributed by atoms with Crippen LogP contribution in [0.5, 0.6) is 0 Å². The number of hydrogen-bond donors (Lipinski definition) is 1. The molecule has 0 atom stereocenters. The second-order valence-corrected chi connectivity index (χ2v) is 8.23. The minimum atomic E-state index is -0.157. The van der Waals surface area contributed by atoms with Crippen molar-refractivity contribution in [1.29, 1.82) is 0 Å². The molecule has 2 aromatic rings. The number of aromatic nitrogens is 1. The van der Waals surface area contributed by atoms with Gasteiger partial charge in [-0.05, 0) is 63.9 Å². The number of nitrogens with zero attached hydrogens (tertiary/aromatic N) is 3. The van der Waals surface area contributed by atoms with Crippen LogP contribution in [0, 0.1) is 6.92 Å². The summed E-state index contributed by atoms with van der Waals surface area (Å²) in [7, 11) is 4.34. The molecular weight excluding hydrogens is 336 g/mol. The topological polar surface area (TPSA) is 48.5 Å². The normalized spacial score (nSPS) is 28.0. The van der Waals surface area contributed by atoms with Crippen molar-refractivity contribution in [3.05, 3.63) is 59.8 Å². The van der Waals surface area contributed by atoms with Crippen molar-refractivity contribution in [1.82, 2.24) is 15.2 Å². The van der Waals surface area contributed by atoms with Crippen LogP contribution in [0.1, 0.15) is 36.8 Å². The summed E-state index contributed by atoms with van der Waals surface area (Å²) in [5.41, 5.74) is 2.28. The van der Waals surface area contributed by atoms with Crippen LogP contribution in [0.25, 0.3) is 0 Å². The Labute approximate surface area is 161 Å². The standard InChI is InChI=1S/C22H28N4O/c1-17-8-7-15-23-19(17)26-16-21(24-20(26)27)11-13-22(14-12-21,25(2)3)18-9-5-4-6-10-18/h4-10,15H,11-14,16H2,1-3H3,(H,24,27). The van der Waals surface area contributed by atoms with Crippen LogP contribution in [0.4, 0.5) is 10.6 Å². The van der Waals surface area contributed by atoms with Crippen LogP contribution in [0.3, 0.4) is 0 Å². The fourth-order valence-corrected chi connectivity index (χ4v) is 4.81. The zero-order chi connectivity index (χ0) is 19.1. The van der Waals surface area contributed by atoms with Gasteiger partial charge in [0.05, 0.1) is 12.1 Å². The molecule has 1 spiro atoms. The number of carbonyl (C=O) groups is 1. The van der Waals surface area contributed by atoms with E-state index in [1.165, 1.54) is 5.56 Å². The molecule has 1 N–H and O–H groups in total. The third-order valence-corrected chi connectivity index (χ3v) is 6.52. The Hall–Kier alpha value is -2.40. The summed E-state index contributed by atoms with van der Waals surface area (Å²) in [4.78, 5) is 21.4. The van der Waals surface area contributed by atoms with Gasteiger partial charge >= 0.3 is 6.03 Å². The van der Waals surface area contributed by atoms with Gasteiger partial charge in [-0.1, -0.05) is 36.4 Å². The lowest BCUT2D eigenvalue weighted by Crippen LogP contribution is -2.54. The quantitative estimate of drug-likeness (QED) is 0.904. The van der Waals surface area contributed by atoms with Gasteiger partial charge in [-0.3, -0.25) is 9.80 Å². The van der Waals surface area contributed by atoms with Gasteiger partial charge < -0.3 is 5.32 Å². The molecule has 1 aromatic carbocycles. The Morgan fingerprint density at radius 3 is 2.37 bits per heavy atom. The summed E-state index contributed by atoms with van der Waals surface area (Å²) in [6.07, 6.45) is 5.75. The molecule has 1 aliphatic carbocycles. The van der Waals surface area contributed by atoms with E-state index in [0.29, 0.717) is 6.54 Å². The molecule has 142 valence electrons. The summed E-state index contributed by atoms with van der Waals surface area (Å²) in [6.45, 7) is 2.70. The number of amides is 2. The number of pyridine rings is 1. The predicted octanol–water partition coefficient (Wildman–Crippen LogP) is 3.69. The first-order chi connectivity index (χ1) is 13.0. The van der Waals surface area contributed by atoms with Crippen molar-refractivity contribution < 1.29 is 4.79 Å². The van der Waals surface area contributed by atoms with E-state index in [9.17, 15) is 4.79 Å². The molecule has 27 heavy (non-hydrogen) atoms. The zero-order valence-electron chi connectivity index (χ0n) is 16.4. The minimum Gasteiger partial charge on any atom is -0.330 e. The Kier molecular flexibility index (Phi) is 4.42. The number of aryl methyl sites for hydroxylation is 1. The Bertz CT molecular complexity index is 825. The lowest BCUT2D eigenvalue weighted by molar-refractivity contribution is 0.0657. The number of benzene rings is 1. The second kappa shape index (κ2) is 6.64. The van der Waals surface area contributed by atoms with Crippen molar-refractivity contribution >= 4 is 11.8 Å². The van der Waals surface area contributed by atoms with Gasteiger partial charge in [0.1, 0.15) is 5.82 Å². The predicted molar refractivity (Wildman–Crippen MR) is 108 cm³/mol. The minimum absolute atomic E-state index is 0.0196. The van der Waals surface area contributed by atoms with Crippen molar-refractivity contribution in [3.63, 3.8) is 0 Å². The molecule has 4 rings (SSSR count). The molecule has 1 aromatic heterocycles. The van der Waals surface area contributed by atoms with Crippen LogP contribution in [-0.2, 0) is 5.54 Å². The van der Waals surface area contributed by atoms with Crippen LogP contribution in [-0.4, -0.2) is 42.1 Å². The summed E-state index contributed by atoms with van der Waals surface area (Å²) in [5.74, 6) is 0.777. The molecule has 2 aliphatic rings. The number of hydrogen-bond acceptors (Lipinski definition) is 3. The van der Waals surface area contributed by atoms with Gasteiger partial charge in [0.15, 0.2) is 0 Å². The first kappa shape index (κ1) is 18.0. The van der Waals surface area contributed by atoms with Gasteiger partial charge in [-0.25, -0.2) is 9.78 Å². The molecule has 1 saturated heterocycles. The summed E-state index contributed by atoms with van der Waals surface area (Å²) in [6, 6.07) is 14.7. The molecule has 5 nitrogen and oxygen atoms in total. The van der Waals surface area contributed by atoms with Crippen molar-refractivity contribution in [2.45, 2.75) is 43.7 Å². The van der Waals surface area contributed by atoms with Gasteiger partial charge in [0.2, 0.25) is 0 Å². The molecule has 0 bridgehead atoms. The van der Waals surface area contributed by atoms with Gasteiger partial charge in [0.25, 0.3) is 0 Å². The summed E-state index contributed by atoms with van der Waals surface area (Å²) in [5, 5.41) is 3.30.